The first kappa shape index (κ1) is 12.2. The number of carbonyl (C=O) groups excluding carboxylic acids is 2. The number of rotatable bonds is 6. The van der Waals surface area contributed by atoms with Gasteiger partial charge in [0.25, 0.3) is 0 Å². The number of hydrogen-bond acceptors (Lipinski definition) is 3. The van der Waals surface area contributed by atoms with E-state index >= 15 is 0 Å². The van der Waals surface area contributed by atoms with Crippen molar-refractivity contribution in [2.75, 3.05) is 7.11 Å². The lowest BCUT2D eigenvalue weighted by atomic mass is 9.65. The van der Waals surface area contributed by atoms with Gasteiger partial charge in [-0.25, -0.2) is 0 Å². The van der Waals surface area contributed by atoms with E-state index in [1.807, 2.05) is 0 Å². The minimum Gasteiger partial charge on any atom is -0.468 e. The number of esters is 1. The van der Waals surface area contributed by atoms with Crippen molar-refractivity contribution >= 4 is 11.8 Å². The molecule has 1 rings (SSSR count). The second-order valence-corrected chi connectivity index (χ2v) is 4.31. The van der Waals surface area contributed by atoms with Crippen LogP contribution in [-0.2, 0) is 14.3 Å². The highest BCUT2D eigenvalue weighted by atomic mass is 16.5. The zero-order valence-electron chi connectivity index (χ0n) is 9.67. The zero-order valence-corrected chi connectivity index (χ0v) is 9.67. The molecule has 1 fully saturated rings. The molecule has 0 heterocycles. The maximum Gasteiger partial charge on any atom is 0.319 e. The number of carbonyl (C=O) groups is 2. The molecule has 0 radical (unpaired) electrons. The summed E-state index contributed by atoms with van der Waals surface area (Å²) in [5, 5.41) is 0. The van der Waals surface area contributed by atoms with Gasteiger partial charge in [0.2, 0.25) is 0 Å². The normalized spacial score (nSPS) is 18.0. The predicted molar refractivity (Wildman–Crippen MR) is 57.4 cm³/mol. The molecule has 1 aliphatic rings. The average molecular weight is 212 g/mol. The number of hydrogen-bond donors (Lipinski definition) is 0. The van der Waals surface area contributed by atoms with Gasteiger partial charge in [-0.05, 0) is 19.3 Å². The van der Waals surface area contributed by atoms with E-state index in [2.05, 4.69) is 6.92 Å². The van der Waals surface area contributed by atoms with E-state index in [0.29, 0.717) is 19.3 Å². The highest BCUT2D eigenvalue weighted by Gasteiger charge is 2.50. The third kappa shape index (κ3) is 2.39. The van der Waals surface area contributed by atoms with Crippen LogP contribution in [0, 0.1) is 5.41 Å². The smallest absolute Gasteiger partial charge is 0.319 e. The van der Waals surface area contributed by atoms with E-state index in [0.717, 1.165) is 25.7 Å². The molecule has 15 heavy (non-hydrogen) atoms. The molecule has 0 saturated heterocycles. The highest BCUT2D eigenvalue weighted by molar-refractivity contribution is 6.04. The van der Waals surface area contributed by atoms with Crippen molar-refractivity contribution in [3.63, 3.8) is 0 Å². The summed E-state index contributed by atoms with van der Waals surface area (Å²) < 4.78 is 4.73. The van der Waals surface area contributed by atoms with E-state index in [-0.39, 0.29) is 11.8 Å². The van der Waals surface area contributed by atoms with Gasteiger partial charge in [0.1, 0.15) is 11.2 Å². The summed E-state index contributed by atoms with van der Waals surface area (Å²) >= 11 is 0. The second kappa shape index (κ2) is 5.29. The van der Waals surface area contributed by atoms with Gasteiger partial charge in [0.05, 0.1) is 7.11 Å². The van der Waals surface area contributed by atoms with Crippen LogP contribution in [-0.4, -0.2) is 18.9 Å². The Labute approximate surface area is 91.2 Å². The van der Waals surface area contributed by atoms with Crippen molar-refractivity contribution < 1.29 is 14.3 Å². The molecule has 0 aromatic rings. The number of Topliss-reactive ketones (excluding diaryl/α,β-unsaturated/α-hetero) is 1. The Morgan fingerprint density at radius 2 is 1.93 bits per heavy atom. The molecule has 1 aliphatic carbocycles. The lowest BCUT2D eigenvalue weighted by molar-refractivity contribution is -0.164. The average Bonchev–Trinajstić information content (AvgIpc) is 2.16. The molecule has 3 nitrogen and oxygen atoms in total. The second-order valence-electron chi connectivity index (χ2n) is 4.31. The molecule has 0 aromatic heterocycles. The molecule has 0 aliphatic heterocycles. The van der Waals surface area contributed by atoms with Gasteiger partial charge in [0, 0.05) is 6.42 Å². The lowest BCUT2D eigenvalue weighted by Crippen LogP contribution is -2.45. The Kier molecular flexibility index (Phi) is 4.30. The van der Waals surface area contributed by atoms with Gasteiger partial charge in [0.15, 0.2) is 0 Å². The van der Waals surface area contributed by atoms with Crippen molar-refractivity contribution in [3.8, 4) is 0 Å². The fraction of sp³-hybridized carbons (Fsp3) is 0.833. The third-order valence-corrected chi connectivity index (χ3v) is 3.32. The molecule has 86 valence electrons. The number of methoxy groups -OCH3 is 1. The Morgan fingerprint density at radius 3 is 2.33 bits per heavy atom. The molecule has 0 spiro atoms. The minimum atomic E-state index is -0.761. The summed E-state index contributed by atoms with van der Waals surface area (Å²) in [5.41, 5.74) is -0.761. The van der Waals surface area contributed by atoms with Crippen molar-refractivity contribution in [2.24, 2.45) is 5.41 Å². The fourth-order valence-corrected chi connectivity index (χ4v) is 2.10. The van der Waals surface area contributed by atoms with Crippen LogP contribution in [0.1, 0.15) is 51.9 Å². The number of unbranched alkanes of at least 4 members (excludes halogenated alkanes) is 2. The molecule has 0 aromatic carbocycles. The largest absolute Gasteiger partial charge is 0.468 e. The maximum absolute atomic E-state index is 11.9. The van der Waals surface area contributed by atoms with Crippen LogP contribution in [0.5, 0.6) is 0 Å². The standard InChI is InChI=1S/C12H20O3/c1-3-4-5-7-10(13)12(8-6-9-12)11(14)15-2/h3-9H2,1-2H3. The Balaban J connectivity index is 2.50. The molecule has 0 amide bonds. The molecular weight excluding hydrogens is 192 g/mol. The first-order chi connectivity index (χ1) is 7.17. The lowest BCUT2D eigenvalue weighted by Gasteiger charge is -2.37. The predicted octanol–water partition coefficient (Wildman–Crippen LogP) is 2.48. The monoisotopic (exact) mass is 212 g/mol. The Morgan fingerprint density at radius 1 is 1.27 bits per heavy atom. The Bertz CT molecular complexity index is 241. The molecule has 1 saturated carbocycles. The van der Waals surface area contributed by atoms with Gasteiger partial charge in [-0.15, -0.1) is 0 Å². The Hall–Kier alpha value is -0.860. The minimum absolute atomic E-state index is 0.0917. The quantitative estimate of drug-likeness (QED) is 0.386. The molecular formula is C12H20O3. The first-order valence-corrected chi connectivity index (χ1v) is 5.79. The van der Waals surface area contributed by atoms with Gasteiger partial charge < -0.3 is 4.74 Å². The summed E-state index contributed by atoms with van der Waals surface area (Å²) in [6.07, 6.45) is 5.92. The van der Waals surface area contributed by atoms with Crippen molar-refractivity contribution in [2.45, 2.75) is 51.9 Å². The van der Waals surface area contributed by atoms with Crippen molar-refractivity contribution in [3.05, 3.63) is 0 Å². The summed E-state index contributed by atoms with van der Waals surface area (Å²) in [4.78, 5) is 23.5. The van der Waals surface area contributed by atoms with Gasteiger partial charge >= 0.3 is 5.97 Å². The van der Waals surface area contributed by atoms with E-state index in [9.17, 15) is 9.59 Å². The van der Waals surface area contributed by atoms with Crippen LogP contribution in [0.25, 0.3) is 0 Å². The third-order valence-electron chi connectivity index (χ3n) is 3.32. The molecule has 3 heteroatoms. The van der Waals surface area contributed by atoms with Crippen LogP contribution in [0.15, 0.2) is 0 Å². The molecule has 0 atom stereocenters. The topological polar surface area (TPSA) is 43.4 Å². The van der Waals surface area contributed by atoms with E-state index in [1.54, 1.807) is 0 Å². The number of ketones is 1. The van der Waals surface area contributed by atoms with Gasteiger partial charge in [-0.3, -0.25) is 9.59 Å². The fourth-order valence-electron chi connectivity index (χ4n) is 2.10. The molecule has 0 unspecified atom stereocenters. The van der Waals surface area contributed by atoms with Crippen molar-refractivity contribution in [1.82, 2.24) is 0 Å². The van der Waals surface area contributed by atoms with Gasteiger partial charge in [-0.1, -0.05) is 26.2 Å². The first-order valence-electron chi connectivity index (χ1n) is 5.79. The zero-order chi connectivity index (χ0) is 11.3. The highest BCUT2D eigenvalue weighted by Crippen LogP contribution is 2.43. The van der Waals surface area contributed by atoms with E-state index < -0.39 is 5.41 Å². The summed E-state index contributed by atoms with van der Waals surface area (Å²) in [7, 11) is 1.36. The van der Waals surface area contributed by atoms with Crippen LogP contribution < -0.4 is 0 Å². The van der Waals surface area contributed by atoms with E-state index in [4.69, 9.17) is 4.74 Å². The molecule has 0 bridgehead atoms. The summed E-state index contributed by atoms with van der Waals surface area (Å²) in [6, 6.07) is 0. The summed E-state index contributed by atoms with van der Waals surface area (Å²) in [6.45, 7) is 2.10. The van der Waals surface area contributed by atoms with Gasteiger partial charge in [-0.2, -0.15) is 0 Å². The van der Waals surface area contributed by atoms with Crippen LogP contribution in [0.2, 0.25) is 0 Å². The van der Waals surface area contributed by atoms with Crippen molar-refractivity contribution in [1.29, 1.82) is 0 Å². The summed E-state index contributed by atoms with van der Waals surface area (Å²) in [5.74, 6) is -0.232. The maximum atomic E-state index is 11.9. The van der Waals surface area contributed by atoms with Crippen LogP contribution in [0.4, 0.5) is 0 Å². The van der Waals surface area contributed by atoms with Crippen LogP contribution >= 0.6 is 0 Å². The number of ether oxygens (including phenoxy) is 1. The van der Waals surface area contributed by atoms with E-state index in [1.165, 1.54) is 7.11 Å². The molecule has 0 N–H and O–H groups in total. The van der Waals surface area contributed by atoms with Crippen LogP contribution in [0.3, 0.4) is 0 Å². The SMILES string of the molecule is CCCCCC(=O)C1(C(=O)OC)CCC1.